The molecule has 1 atom stereocenters. The molecule has 1 unspecified atom stereocenters. The Balaban J connectivity index is 2.02. The topological polar surface area (TPSA) is 70.2 Å². The van der Waals surface area contributed by atoms with Crippen molar-refractivity contribution in [1.82, 2.24) is 20.8 Å². The van der Waals surface area contributed by atoms with E-state index in [2.05, 4.69) is 25.7 Å². The molecule has 6 heteroatoms. The highest BCUT2D eigenvalue weighted by atomic mass is 16.1. The van der Waals surface area contributed by atoms with Gasteiger partial charge in [-0.15, -0.1) is 10.2 Å². The molecule has 18 heavy (non-hydrogen) atoms. The van der Waals surface area contributed by atoms with Gasteiger partial charge in [0.25, 0.3) is 5.91 Å². The second kappa shape index (κ2) is 5.77. The van der Waals surface area contributed by atoms with Gasteiger partial charge in [0.2, 0.25) is 0 Å². The Labute approximate surface area is 107 Å². The maximum absolute atomic E-state index is 11.5. The predicted octanol–water partition coefficient (Wildman–Crippen LogP) is 0.0244. The molecule has 0 saturated carbocycles. The van der Waals surface area contributed by atoms with Gasteiger partial charge in [0, 0.05) is 25.7 Å². The lowest BCUT2D eigenvalue weighted by Crippen LogP contribution is -2.30. The first kappa shape index (κ1) is 12.8. The van der Waals surface area contributed by atoms with Gasteiger partial charge < -0.3 is 15.5 Å². The summed E-state index contributed by atoms with van der Waals surface area (Å²) in [4.78, 5) is 13.7. The Bertz CT molecular complexity index is 405. The van der Waals surface area contributed by atoms with E-state index in [0.717, 1.165) is 25.3 Å². The zero-order valence-corrected chi connectivity index (χ0v) is 10.8. The summed E-state index contributed by atoms with van der Waals surface area (Å²) in [6.45, 7) is 4.38. The van der Waals surface area contributed by atoms with Gasteiger partial charge in [0.1, 0.15) is 0 Å². The number of carbonyl (C=O) groups is 1. The van der Waals surface area contributed by atoms with E-state index in [1.165, 1.54) is 0 Å². The number of aromatic nitrogens is 2. The molecule has 0 spiro atoms. The second-order valence-electron chi connectivity index (χ2n) is 4.36. The molecule has 1 aromatic rings. The summed E-state index contributed by atoms with van der Waals surface area (Å²) in [5.74, 6) is 0.659. The van der Waals surface area contributed by atoms with E-state index in [1.807, 2.05) is 20.0 Å². The number of carbonyl (C=O) groups excluding carboxylic acids is 1. The Morgan fingerprint density at radius 2 is 2.33 bits per heavy atom. The number of amides is 1. The van der Waals surface area contributed by atoms with Gasteiger partial charge in [-0.3, -0.25) is 4.79 Å². The molecule has 0 aromatic carbocycles. The standard InChI is InChI=1S/C12H19N5O/c1-3-14-12(18)10-4-5-11(16-15-10)17-7-6-9(8-17)13-2/h4-5,9,13H,3,6-8H2,1-2H3,(H,14,18). The van der Waals surface area contributed by atoms with Crippen LogP contribution in [0.4, 0.5) is 5.82 Å². The molecule has 0 radical (unpaired) electrons. The van der Waals surface area contributed by atoms with Gasteiger partial charge >= 0.3 is 0 Å². The summed E-state index contributed by atoms with van der Waals surface area (Å²) in [5, 5.41) is 14.0. The van der Waals surface area contributed by atoms with Crippen molar-refractivity contribution >= 4 is 11.7 Å². The number of nitrogens with zero attached hydrogens (tertiary/aromatic N) is 3. The minimum Gasteiger partial charge on any atom is -0.354 e. The van der Waals surface area contributed by atoms with E-state index in [9.17, 15) is 4.79 Å². The van der Waals surface area contributed by atoms with Gasteiger partial charge in [-0.25, -0.2) is 0 Å². The van der Waals surface area contributed by atoms with Crippen LogP contribution in [-0.4, -0.2) is 48.8 Å². The van der Waals surface area contributed by atoms with Crippen LogP contribution in [0, 0.1) is 0 Å². The van der Waals surface area contributed by atoms with E-state index in [4.69, 9.17) is 0 Å². The van der Waals surface area contributed by atoms with Gasteiger partial charge in [0.15, 0.2) is 11.5 Å². The van der Waals surface area contributed by atoms with E-state index in [0.29, 0.717) is 18.3 Å². The van der Waals surface area contributed by atoms with E-state index in [1.54, 1.807) is 6.07 Å². The van der Waals surface area contributed by atoms with Crippen LogP contribution in [0.25, 0.3) is 0 Å². The largest absolute Gasteiger partial charge is 0.354 e. The summed E-state index contributed by atoms with van der Waals surface area (Å²) in [6.07, 6.45) is 1.11. The molecule has 1 aliphatic heterocycles. The van der Waals surface area contributed by atoms with E-state index >= 15 is 0 Å². The molecule has 2 rings (SSSR count). The Morgan fingerprint density at radius 3 is 2.89 bits per heavy atom. The minimum atomic E-state index is -0.175. The summed E-state index contributed by atoms with van der Waals surface area (Å²) >= 11 is 0. The average molecular weight is 249 g/mol. The Hall–Kier alpha value is -1.69. The Kier molecular flexibility index (Phi) is 4.09. The predicted molar refractivity (Wildman–Crippen MR) is 69.7 cm³/mol. The number of rotatable bonds is 4. The molecule has 1 fully saturated rings. The molecular formula is C12H19N5O. The molecule has 1 aliphatic rings. The van der Waals surface area contributed by atoms with Crippen molar-refractivity contribution < 1.29 is 4.79 Å². The first-order valence-electron chi connectivity index (χ1n) is 6.28. The smallest absolute Gasteiger partial charge is 0.271 e. The third kappa shape index (κ3) is 2.76. The van der Waals surface area contributed by atoms with Crippen molar-refractivity contribution in [3.05, 3.63) is 17.8 Å². The van der Waals surface area contributed by atoms with Crippen LogP contribution >= 0.6 is 0 Å². The highest BCUT2D eigenvalue weighted by Crippen LogP contribution is 2.16. The average Bonchev–Trinajstić information content (AvgIpc) is 2.88. The van der Waals surface area contributed by atoms with Crippen molar-refractivity contribution in [2.75, 3.05) is 31.6 Å². The van der Waals surface area contributed by atoms with Crippen LogP contribution in [0.3, 0.4) is 0 Å². The van der Waals surface area contributed by atoms with Gasteiger partial charge in [-0.2, -0.15) is 0 Å². The highest BCUT2D eigenvalue weighted by molar-refractivity contribution is 5.92. The fourth-order valence-corrected chi connectivity index (χ4v) is 2.07. The summed E-state index contributed by atoms with van der Waals surface area (Å²) in [6, 6.07) is 4.09. The van der Waals surface area contributed by atoms with E-state index in [-0.39, 0.29) is 5.91 Å². The van der Waals surface area contributed by atoms with Crippen LogP contribution in [0.1, 0.15) is 23.8 Å². The Morgan fingerprint density at radius 1 is 1.50 bits per heavy atom. The summed E-state index contributed by atoms with van der Waals surface area (Å²) < 4.78 is 0. The van der Waals surface area contributed by atoms with Crippen molar-refractivity contribution in [1.29, 1.82) is 0 Å². The molecule has 2 N–H and O–H groups in total. The van der Waals surface area contributed by atoms with Crippen LogP contribution in [-0.2, 0) is 0 Å². The molecule has 0 aliphatic carbocycles. The second-order valence-corrected chi connectivity index (χ2v) is 4.36. The molecule has 6 nitrogen and oxygen atoms in total. The summed E-state index contributed by atoms with van der Waals surface area (Å²) in [7, 11) is 1.97. The number of likely N-dealkylation sites (N-methyl/N-ethyl adjacent to an activating group) is 1. The maximum Gasteiger partial charge on any atom is 0.271 e. The van der Waals surface area contributed by atoms with Gasteiger partial charge in [0.05, 0.1) is 0 Å². The van der Waals surface area contributed by atoms with Crippen LogP contribution in [0.15, 0.2) is 12.1 Å². The van der Waals surface area contributed by atoms with Gasteiger partial charge in [-0.1, -0.05) is 0 Å². The van der Waals surface area contributed by atoms with Crippen LogP contribution < -0.4 is 15.5 Å². The molecule has 0 bridgehead atoms. The zero-order chi connectivity index (χ0) is 13.0. The molecule has 1 saturated heterocycles. The molecule has 1 amide bonds. The fourth-order valence-electron chi connectivity index (χ4n) is 2.07. The lowest BCUT2D eigenvalue weighted by molar-refractivity contribution is 0.0950. The monoisotopic (exact) mass is 249 g/mol. The van der Waals surface area contributed by atoms with Crippen LogP contribution in [0.5, 0.6) is 0 Å². The van der Waals surface area contributed by atoms with Gasteiger partial charge in [-0.05, 0) is 32.5 Å². The molecule has 1 aromatic heterocycles. The fraction of sp³-hybridized carbons (Fsp3) is 0.583. The summed E-state index contributed by atoms with van der Waals surface area (Å²) in [5.41, 5.74) is 0.366. The molecule has 98 valence electrons. The highest BCUT2D eigenvalue weighted by Gasteiger charge is 2.22. The number of hydrogen-bond donors (Lipinski definition) is 2. The number of anilines is 1. The quantitative estimate of drug-likeness (QED) is 0.787. The first-order valence-corrected chi connectivity index (χ1v) is 6.28. The van der Waals surface area contributed by atoms with Crippen molar-refractivity contribution in [2.45, 2.75) is 19.4 Å². The normalized spacial score (nSPS) is 19.0. The van der Waals surface area contributed by atoms with Crippen molar-refractivity contribution in [2.24, 2.45) is 0 Å². The first-order chi connectivity index (χ1) is 8.74. The van der Waals surface area contributed by atoms with Crippen molar-refractivity contribution in [3.8, 4) is 0 Å². The van der Waals surface area contributed by atoms with Crippen LogP contribution in [0.2, 0.25) is 0 Å². The minimum absolute atomic E-state index is 0.175. The lowest BCUT2D eigenvalue weighted by Gasteiger charge is -2.16. The van der Waals surface area contributed by atoms with E-state index < -0.39 is 0 Å². The van der Waals surface area contributed by atoms with Crippen molar-refractivity contribution in [3.63, 3.8) is 0 Å². The maximum atomic E-state index is 11.5. The molecule has 2 heterocycles. The third-order valence-corrected chi connectivity index (χ3v) is 3.14. The number of nitrogens with one attached hydrogen (secondary N) is 2. The molecular weight excluding hydrogens is 230 g/mol. The SMILES string of the molecule is CCNC(=O)c1ccc(N2CCC(NC)C2)nn1. The number of hydrogen-bond acceptors (Lipinski definition) is 5. The third-order valence-electron chi connectivity index (χ3n) is 3.14. The zero-order valence-electron chi connectivity index (χ0n) is 10.8. The lowest BCUT2D eigenvalue weighted by atomic mass is 10.3.